The van der Waals surface area contributed by atoms with Gasteiger partial charge in [0.25, 0.3) is 0 Å². The third kappa shape index (κ3) is 2.82. The largest absolute Gasteiger partial charge is 0.462 e. The highest BCUT2D eigenvalue weighted by Crippen LogP contribution is 2.30. The van der Waals surface area contributed by atoms with E-state index in [1.807, 2.05) is 42.6 Å². The molecule has 118 valence electrons. The summed E-state index contributed by atoms with van der Waals surface area (Å²) in [6.07, 6.45) is 1.92. The number of hydrogen-bond donors (Lipinski definition) is 0. The Labute approximate surface area is 139 Å². The number of nitrogens with zero attached hydrogens (tertiary/aromatic N) is 2. The van der Waals surface area contributed by atoms with Gasteiger partial charge in [0, 0.05) is 28.2 Å². The van der Waals surface area contributed by atoms with E-state index in [9.17, 15) is 4.79 Å². The molecule has 2 aromatic heterocycles. The van der Waals surface area contributed by atoms with E-state index in [-0.39, 0.29) is 5.97 Å². The lowest BCUT2D eigenvalue weighted by atomic mass is 10.0. The van der Waals surface area contributed by atoms with Crippen LogP contribution in [0.2, 0.25) is 5.02 Å². The summed E-state index contributed by atoms with van der Waals surface area (Å²) in [7, 11) is 0. The summed E-state index contributed by atoms with van der Waals surface area (Å²) >= 11 is 5.97. The second-order valence-electron chi connectivity index (χ2n) is 5.38. The van der Waals surface area contributed by atoms with E-state index in [1.54, 1.807) is 19.1 Å². The molecule has 0 bridgehead atoms. The molecule has 0 saturated carbocycles. The van der Waals surface area contributed by atoms with Gasteiger partial charge in [0.15, 0.2) is 5.65 Å². The SMILES string of the molecule is CCOC(=O)c1c(-c2ccc(Cl)cc2)cn2c(C)cc(C)nc12. The van der Waals surface area contributed by atoms with Crippen LogP contribution in [-0.2, 0) is 4.74 Å². The quantitative estimate of drug-likeness (QED) is 0.667. The fourth-order valence-electron chi connectivity index (χ4n) is 2.70. The van der Waals surface area contributed by atoms with Gasteiger partial charge in [-0.05, 0) is 44.5 Å². The standard InChI is InChI=1S/C18H17ClN2O2/c1-4-23-18(22)16-15(13-5-7-14(19)8-6-13)10-21-12(3)9-11(2)20-17(16)21/h5-10H,4H2,1-3H3. The molecule has 0 aliphatic heterocycles. The predicted octanol–water partition coefficient (Wildman–Crippen LogP) is 4.45. The van der Waals surface area contributed by atoms with Crippen molar-refractivity contribution in [1.82, 2.24) is 9.38 Å². The molecule has 0 atom stereocenters. The van der Waals surface area contributed by atoms with Crippen LogP contribution in [0.3, 0.4) is 0 Å². The molecule has 0 saturated heterocycles. The van der Waals surface area contributed by atoms with Gasteiger partial charge in [-0.15, -0.1) is 0 Å². The van der Waals surface area contributed by atoms with Gasteiger partial charge >= 0.3 is 5.97 Å². The maximum absolute atomic E-state index is 12.5. The minimum Gasteiger partial charge on any atom is -0.462 e. The second kappa shape index (κ2) is 6.05. The maximum Gasteiger partial charge on any atom is 0.342 e. The average molecular weight is 329 g/mol. The number of halogens is 1. The Morgan fingerprint density at radius 1 is 1.26 bits per heavy atom. The molecule has 0 unspecified atom stereocenters. The molecule has 0 aliphatic carbocycles. The van der Waals surface area contributed by atoms with Crippen molar-refractivity contribution in [3.8, 4) is 11.1 Å². The monoisotopic (exact) mass is 328 g/mol. The van der Waals surface area contributed by atoms with Crippen molar-refractivity contribution in [3.63, 3.8) is 0 Å². The molecule has 2 heterocycles. The highest BCUT2D eigenvalue weighted by Gasteiger charge is 2.22. The maximum atomic E-state index is 12.5. The molecule has 0 spiro atoms. The van der Waals surface area contributed by atoms with Crippen molar-refractivity contribution in [2.45, 2.75) is 20.8 Å². The summed E-state index contributed by atoms with van der Waals surface area (Å²) in [5.41, 5.74) is 4.67. The Kier molecular flexibility index (Phi) is 4.09. The third-order valence-corrected chi connectivity index (χ3v) is 3.95. The van der Waals surface area contributed by atoms with Crippen molar-refractivity contribution in [1.29, 1.82) is 0 Å². The number of rotatable bonds is 3. The fraction of sp³-hybridized carbons (Fsp3) is 0.222. The number of hydrogen-bond acceptors (Lipinski definition) is 3. The predicted molar refractivity (Wildman–Crippen MR) is 91.1 cm³/mol. The molecular weight excluding hydrogens is 312 g/mol. The van der Waals surface area contributed by atoms with Gasteiger partial charge in [0.05, 0.1) is 6.61 Å². The number of aromatic nitrogens is 2. The number of esters is 1. The van der Waals surface area contributed by atoms with Crippen LogP contribution in [0.25, 0.3) is 16.8 Å². The molecule has 0 radical (unpaired) electrons. The summed E-state index contributed by atoms with van der Waals surface area (Å²) in [4.78, 5) is 17.0. The highest BCUT2D eigenvalue weighted by molar-refractivity contribution is 6.30. The Morgan fingerprint density at radius 2 is 1.96 bits per heavy atom. The first-order valence-corrected chi connectivity index (χ1v) is 7.81. The lowest BCUT2D eigenvalue weighted by molar-refractivity contribution is 0.0529. The molecule has 1 aromatic carbocycles. The first kappa shape index (κ1) is 15.6. The van der Waals surface area contributed by atoms with Crippen LogP contribution in [-0.4, -0.2) is 22.0 Å². The molecule has 23 heavy (non-hydrogen) atoms. The second-order valence-corrected chi connectivity index (χ2v) is 5.81. The van der Waals surface area contributed by atoms with E-state index in [2.05, 4.69) is 4.98 Å². The molecular formula is C18H17ClN2O2. The Hall–Kier alpha value is -2.33. The zero-order valence-corrected chi connectivity index (χ0v) is 14.0. The zero-order valence-electron chi connectivity index (χ0n) is 13.3. The van der Waals surface area contributed by atoms with Gasteiger partial charge in [0.1, 0.15) is 5.56 Å². The smallest absolute Gasteiger partial charge is 0.342 e. The van der Waals surface area contributed by atoms with Crippen molar-refractivity contribution in [3.05, 3.63) is 58.5 Å². The summed E-state index contributed by atoms with van der Waals surface area (Å²) in [6, 6.07) is 9.37. The van der Waals surface area contributed by atoms with Crippen LogP contribution in [0.15, 0.2) is 36.5 Å². The van der Waals surface area contributed by atoms with Crippen molar-refractivity contribution < 1.29 is 9.53 Å². The first-order valence-electron chi connectivity index (χ1n) is 7.43. The number of aryl methyl sites for hydroxylation is 2. The molecule has 0 fully saturated rings. The van der Waals surface area contributed by atoms with Gasteiger partial charge in [-0.1, -0.05) is 23.7 Å². The van der Waals surface area contributed by atoms with E-state index in [1.165, 1.54) is 0 Å². The molecule has 3 rings (SSSR count). The molecule has 5 heteroatoms. The minimum atomic E-state index is -0.363. The van der Waals surface area contributed by atoms with E-state index in [0.29, 0.717) is 22.8 Å². The van der Waals surface area contributed by atoms with Gasteiger partial charge in [-0.3, -0.25) is 0 Å². The normalized spacial score (nSPS) is 11.0. The number of carbonyl (C=O) groups excluding carboxylic acids is 1. The van der Waals surface area contributed by atoms with E-state index < -0.39 is 0 Å². The van der Waals surface area contributed by atoms with E-state index in [0.717, 1.165) is 22.5 Å². The number of ether oxygens (including phenoxy) is 1. The summed E-state index contributed by atoms with van der Waals surface area (Å²) in [5, 5.41) is 0.653. The van der Waals surface area contributed by atoms with Gasteiger partial charge in [-0.2, -0.15) is 0 Å². The highest BCUT2D eigenvalue weighted by atomic mass is 35.5. The van der Waals surface area contributed by atoms with E-state index in [4.69, 9.17) is 16.3 Å². The zero-order chi connectivity index (χ0) is 16.6. The fourth-order valence-corrected chi connectivity index (χ4v) is 2.82. The lowest BCUT2D eigenvalue weighted by Gasteiger charge is -2.05. The van der Waals surface area contributed by atoms with Crippen molar-refractivity contribution in [2.24, 2.45) is 0 Å². The van der Waals surface area contributed by atoms with Gasteiger partial charge in [0.2, 0.25) is 0 Å². The number of benzene rings is 1. The number of fused-ring (bicyclic) bond motifs is 1. The van der Waals surface area contributed by atoms with Crippen LogP contribution in [0.4, 0.5) is 0 Å². The molecule has 4 nitrogen and oxygen atoms in total. The van der Waals surface area contributed by atoms with Crippen LogP contribution < -0.4 is 0 Å². The molecule has 0 N–H and O–H groups in total. The minimum absolute atomic E-state index is 0.320. The lowest BCUT2D eigenvalue weighted by Crippen LogP contribution is -2.07. The Morgan fingerprint density at radius 3 is 2.61 bits per heavy atom. The summed E-state index contributed by atoms with van der Waals surface area (Å²) in [5.74, 6) is -0.363. The van der Waals surface area contributed by atoms with Gasteiger partial charge < -0.3 is 9.14 Å². The van der Waals surface area contributed by atoms with Crippen molar-refractivity contribution >= 4 is 23.2 Å². The van der Waals surface area contributed by atoms with Crippen LogP contribution in [0.1, 0.15) is 28.7 Å². The Bertz CT molecular complexity index is 882. The first-order chi connectivity index (χ1) is 11.0. The van der Waals surface area contributed by atoms with Crippen LogP contribution in [0, 0.1) is 13.8 Å². The third-order valence-electron chi connectivity index (χ3n) is 3.69. The molecule has 3 aromatic rings. The summed E-state index contributed by atoms with van der Waals surface area (Å²) < 4.78 is 7.16. The van der Waals surface area contributed by atoms with Crippen LogP contribution in [0.5, 0.6) is 0 Å². The Balaban J connectivity index is 2.31. The van der Waals surface area contributed by atoms with E-state index >= 15 is 0 Å². The average Bonchev–Trinajstić information content (AvgIpc) is 2.88. The summed E-state index contributed by atoms with van der Waals surface area (Å²) in [6.45, 7) is 6.02. The number of carbonyl (C=O) groups is 1. The van der Waals surface area contributed by atoms with Crippen LogP contribution >= 0.6 is 11.6 Å². The van der Waals surface area contributed by atoms with Gasteiger partial charge in [-0.25, -0.2) is 9.78 Å². The van der Waals surface area contributed by atoms with Crippen molar-refractivity contribution in [2.75, 3.05) is 6.61 Å². The molecule has 0 aliphatic rings. The molecule has 0 amide bonds. The topological polar surface area (TPSA) is 43.6 Å².